The van der Waals surface area contributed by atoms with E-state index in [9.17, 15) is 17.6 Å². The molecule has 1 aliphatic heterocycles. The Balaban J connectivity index is 1.77. The molecule has 1 aliphatic rings. The molecule has 9 heteroatoms. The number of carbonyl (C=O) groups excluding carboxylic acids is 1. The molecule has 0 unspecified atom stereocenters. The van der Waals surface area contributed by atoms with E-state index < -0.39 is 15.9 Å². The first kappa shape index (κ1) is 25.0. The van der Waals surface area contributed by atoms with E-state index in [0.29, 0.717) is 19.6 Å². The molecule has 1 heterocycles. The fourth-order valence-corrected chi connectivity index (χ4v) is 4.86. The molecule has 0 aliphatic carbocycles. The third kappa shape index (κ3) is 5.85. The van der Waals surface area contributed by atoms with Crippen LogP contribution in [-0.2, 0) is 10.0 Å². The van der Waals surface area contributed by atoms with E-state index in [1.807, 2.05) is 24.3 Å². The summed E-state index contributed by atoms with van der Waals surface area (Å²) in [7, 11) is -2.51. The molecule has 3 rings (SSSR count). The van der Waals surface area contributed by atoms with Crippen molar-refractivity contribution in [3.05, 3.63) is 90.9 Å². The number of hydrogen-bond acceptors (Lipinski definition) is 5. The Morgan fingerprint density at radius 3 is 2.59 bits per heavy atom. The molecular weight excluding hydrogens is 457 g/mol. The topological polar surface area (TPSA) is 79.0 Å². The maximum absolute atomic E-state index is 13.6. The smallest absolute Gasteiger partial charge is 0.262 e. The van der Waals surface area contributed by atoms with Crippen LogP contribution in [0.15, 0.2) is 90.3 Å². The highest BCUT2D eigenvalue weighted by atomic mass is 32.2. The molecule has 2 aromatic rings. The van der Waals surface area contributed by atoms with E-state index in [1.54, 1.807) is 18.1 Å². The monoisotopic (exact) mass is 485 g/mol. The number of methoxy groups -OCH3 is 1. The number of hydrogen-bond donors (Lipinski definition) is 1. The van der Waals surface area contributed by atoms with E-state index >= 15 is 0 Å². The molecule has 1 N–H and O–H groups in total. The van der Waals surface area contributed by atoms with Crippen molar-refractivity contribution in [1.29, 1.82) is 0 Å². The van der Waals surface area contributed by atoms with Gasteiger partial charge in [0, 0.05) is 31.7 Å². The summed E-state index contributed by atoms with van der Waals surface area (Å²) in [5, 5.41) is 0. The van der Waals surface area contributed by atoms with Crippen molar-refractivity contribution in [3.8, 4) is 5.75 Å². The number of allylic oxidation sites excluding steroid dienone is 3. The summed E-state index contributed by atoms with van der Waals surface area (Å²) in [6, 6.07) is 13.4. The Morgan fingerprint density at radius 2 is 1.88 bits per heavy atom. The summed E-state index contributed by atoms with van der Waals surface area (Å²) in [5.74, 6) is -0.441. The van der Waals surface area contributed by atoms with Crippen LogP contribution in [0.4, 0.5) is 10.1 Å². The molecule has 1 saturated heterocycles. The molecule has 0 spiro atoms. The number of ether oxygens (including phenoxy) is 1. The number of nitrogens with one attached hydrogen (secondary N) is 1. The van der Waals surface area contributed by atoms with Crippen molar-refractivity contribution in [1.82, 2.24) is 9.62 Å². The molecule has 0 radical (unpaired) electrons. The van der Waals surface area contributed by atoms with Gasteiger partial charge in [0.05, 0.1) is 23.4 Å². The van der Waals surface area contributed by atoms with Gasteiger partial charge in [-0.25, -0.2) is 12.8 Å². The van der Waals surface area contributed by atoms with Gasteiger partial charge in [0.25, 0.3) is 15.9 Å². The van der Waals surface area contributed by atoms with Crippen LogP contribution in [0.25, 0.3) is 0 Å². The van der Waals surface area contributed by atoms with Gasteiger partial charge in [-0.1, -0.05) is 37.4 Å². The van der Waals surface area contributed by atoms with Crippen LogP contribution in [0.1, 0.15) is 16.8 Å². The van der Waals surface area contributed by atoms with Crippen LogP contribution in [-0.4, -0.2) is 52.5 Å². The minimum Gasteiger partial charge on any atom is -0.495 e. The maximum Gasteiger partial charge on any atom is 0.262 e. The predicted molar refractivity (Wildman–Crippen MR) is 131 cm³/mol. The van der Waals surface area contributed by atoms with Crippen LogP contribution in [0, 0.1) is 0 Å². The average molecular weight is 486 g/mol. The average Bonchev–Trinajstić information content (AvgIpc) is 3.09. The van der Waals surface area contributed by atoms with Gasteiger partial charge in [-0.05, 0) is 42.8 Å². The van der Waals surface area contributed by atoms with Crippen molar-refractivity contribution in [3.63, 3.8) is 0 Å². The standard InChI is InChI=1S/C25H28FN3O4S/c1-4-9-22(19(2)26)27-34(31,32)21-11-7-10-20(18-21)25(30)29-15-8-14-28(16-17-29)23-12-5-6-13-24(23)33-3/h4-7,9-13,18,27H,1-2,8,14-17H2,3H3/b22-9+. The minimum atomic E-state index is -4.13. The summed E-state index contributed by atoms with van der Waals surface area (Å²) < 4.78 is 46.7. The van der Waals surface area contributed by atoms with Gasteiger partial charge in [-0.15, -0.1) is 0 Å². The molecule has 0 atom stereocenters. The Bertz CT molecular complexity index is 1210. The Morgan fingerprint density at radius 1 is 1.12 bits per heavy atom. The largest absolute Gasteiger partial charge is 0.495 e. The quantitative estimate of drug-likeness (QED) is 0.574. The molecule has 1 fully saturated rings. The van der Waals surface area contributed by atoms with E-state index in [0.717, 1.165) is 24.4 Å². The number of anilines is 1. The highest BCUT2D eigenvalue weighted by Crippen LogP contribution is 2.28. The zero-order valence-corrected chi connectivity index (χ0v) is 19.9. The summed E-state index contributed by atoms with van der Waals surface area (Å²) in [6.45, 7) is 8.94. The molecular formula is C25H28FN3O4S. The van der Waals surface area contributed by atoms with Crippen LogP contribution >= 0.6 is 0 Å². The summed E-state index contributed by atoms with van der Waals surface area (Å²) in [4.78, 5) is 16.9. The molecule has 1 amide bonds. The fraction of sp³-hybridized carbons (Fsp3) is 0.240. The van der Waals surface area contributed by atoms with Crippen molar-refractivity contribution in [2.45, 2.75) is 11.3 Å². The predicted octanol–water partition coefficient (Wildman–Crippen LogP) is 3.88. The minimum absolute atomic E-state index is 0.153. The zero-order valence-electron chi connectivity index (χ0n) is 19.0. The highest BCUT2D eigenvalue weighted by molar-refractivity contribution is 7.89. The van der Waals surface area contributed by atoms with Gasteiger partial charge in [0.2, 0.25) is 0 Å². The van der Waals surface area contributed by atoms with Gasteiger partial charge >= 0.3 is 0 Å². The molecule has 180 valence electrons. The van der Waals surface area contributed by atoms with Gasteiger partial charge in [-0.2, -0.15) is 0 Å². The molecule has 0 bridgehead atoms. The van der Waals surface area contributed by atoms with Crippen LogP contribution in [0.3, 0.4) is 0 Å². The number of para-hydroxylation sites is 2. The fourth-order valence-electron chi connectivity index (χ4n) is 3.73. The second-order valence-corrected chi connectivity index (χ2v) is 9.34. The van der Waals surface area contributed by atoms with Gasteiger partial charge in [-0.3, -0.25) is 9.52 Å². The van der Waals surface area contributed by atoms with E-state index in [2.05, 4.69) is 22.8 Å². The Kier molecular flexibility index (Phi) is 8.12. The number of carbonyl (C=O) groups is 1. The van der Waals surface area contributed by atoms with Crippen molar-refractivity contribution in [2.24, 2.45) is 0 Å². The second-order valence-electron chi connectivity index (χ2n) is 7.66. The van der Waals surface area contributed by atoms with Crippen LogP contribution in [0.5, 0.6) is 5.75 Å². The number of benzene rings is 2. The summed E-state index contributed by atoms with van der Waals surface area (Å²) >= 11 is 0. The Labute approximate surface area is 199 Å². The van der Waals surface area contributed by atoms with Crippen molar-refractivity contribution >= 4 is 21.6 Å². The summed E-state index contributed by atoms with van der Waals surface area (Å²) in [6.07, 6.45) is 3.16. The van der Waals surface area contributed by atoms with Gasteiger partial charge < -0.3 is 14.5 Å². The lowest BCUT2D eigenvalue weighted by molar-refractivity contribution is 0.0766. The first-order chi connectivity index (χ1) is 16.3. The lowest BCUT2D eigenvalue weighted by Gasteiger charge is -2.25. The zero-order chi connectivity index (χ0) is 24.7. The maximum atomic E-state index is 13.6. The summed E-state index contributed by atoms with van der Waals surface area (Å²) in [5.41, 5.74) is 0.883. The normalized spacial score (nSPS) is 14.8. The van der Waals surface area contributed by atoms with Crippen LogP contribution in [0.2, 0.25) is 0 Å². The lowest BCUT2D eigenvalue weighted by atomic mass is 10.2. The highest BCUT2D eigenvalue weighted by Gasteiger charge is 2.24. The van der Waals surface area contributed by atoms with Gasteiger partial charge in [0.15, 0.2) is 0 Å². The first-order valence-electron chi connectivity index (χ1n) is 10.7. The number of rotatable bonds is 8. The third-order valence-electron chi connectivity index (χ3n) is 5.42. The number of sulfonamides is 1. The number of amides is 1. The number of halogens is 1. The van der Waals surface area contributed by atoms with Crippen LogP contribution < -0.4 is 14.4 Å². The lowest BCUT2D eigenvalue weighted by Crippen LogP contribution is -2.35. The Hall–Kier alpha value is -3.59. The SMILES string of the molecule is C=C/C=C(/NS(=O)(=O)c1cccc(C(=O)N2CCCN(c3ccccc3OC)CC2)c1)C(=C)F. The number of nitrogens with zero attached hydrogens (tertiary/aromatic N) is 2. The molecule has 7 nitrogen and oxygen atoms in total. The molecule has 2 aromatic carbocycles. The van der Waals surface area contributed by atoms with E-state index in [1.165, 1.54) is 30.4 Å². The van der Waals surface area contributed by atoms with Crippen molar-refractivity contribution in [2.75, 3.05) is 38.2 Å². The first-order valence-corrected chi connectivity index (χ1v) is 12.2. The second kappa shape index (κ2) is 11.0. The van der Waals surface area contributed by atoms with E-state index in [4.69, 9.17) is 4.74 Å². The third-order valence-corrected chi connectivity index (χ3v) is 6.78. The van der Waals surface area contributed by atoms with Crippen molar-refractivity contribution < 1.29 is 22.3 Å². The van der Waals surface area contributed by atoms with E-state index in [-0.39, 0.29) is 22.1 Å². The molecule has 34 heavy (non-hydrogen) atoms. The molecule has 0 saturated carbocycles. The van der Waals surface area contributed by atoms with Gasteiger partial charge in [0.1, 0.15) is 11.6 Å². The molecule has 0 aromatic heterocycles.